The normalized spacial score (nSPS) is 11.0. The highest BCUT2D eigenvalue weighted by molar-refractivity contribution is 5.23. The molecule has 25 heavy (non-hydrogen) atoms. The monoisotopic (exact) mass is 338 g/mol. The molecular formula is C21H20F2N2. The molecule has 128 valence electrons. The van der Waals surface area contributed by atoms with E-state index in [4.69, 9.17) is 0 Å². The number of benzene rings is 2. The van der Waals surface area contributed by atoms with E-state index in [0.29, 0.717) is 25.2 Å². The predicted molar refractivity (Wildman–Crippen MR) is 94.7 cm³/mol. The van der Waals surface area contributed by atoms with Crippen molar-refractivity contribution in [2.45, 2.75) is 26.6 Å². The minimum Gasteiger partial charge on any atom is -0.290 e. The van der Waals surface area contributed by atoms with Gasteiger partial charge in [0.25, 0.3) is 0 Å². The molecule has 0 fully saturated rings. The zero-order valence-electron chi connectivity index (χ0n) is 14.1. The first-order chi connectivity index (χ1) is 12.1. The van der Waals surface area contributed by atoms with Gasteiger partial charge in [0, 0.05) is 37.6 Å². The first-order valence-electron chi connectivity index (χ1n) is 8.21. The number of aromatic nitrogens is 1. The number of hydrogen-bond donors (Lipinski definition) is 0. The molecule has 0 spiro atoms. The second-order valence-corrected chi connectivity index (χ2v) is 6.20. The quantitative estimate of drug-likeness (QED) is 0.637. The molecule has 0 saturated carbocycles. The molecule has 4 heteroatoms. The van der Waals surface area contributed by atoms with Crippen LogP contribution in [0, 0.1) is 18.6 Å². The van der Waals surface area contributed by atoms with E-state index in [2.05, 4.69) is 34.1 Å². The maximum Gasteiger partial charge on any atom is 0.163 e. The summed E-state index contributed by atoms with van der Waals surface area (Å²) in [5.41, 5.74) is 3.78. The summed E-state index contributed by atoms with van der Waals surface area (Å²) in [7, 11) is 0. The van der Waals surface area contributed by atoms with Crippen molar-refractivity contribution >= 4 is 0 Å². The maximum absolute atomic E-state index is 14.1. The van der Waals surface area contributed by atoms with E-state index in [1.54, 1.807) is 24.5 Å². The topological polar surface area (TPSA) is 16.1 Å². The highest BCUT2D eigenvalue weighted by Crippen LogP contribution is 2.18. The van der Waals surface area contributed by atoms with Crippen LogP contribution in [0.1, 0.15) is 22.3 Å². The first-order valence-corrected chi connectivity index (χ1v) is 8.21. The molecule has 0 atom stereocenters. The molecule has 1 heterocycles. The molecule has 0 N–H and O–H groups in total. The SMILES string of the molecule is Cc1ccc(CN(Cc2ccncc2)Cc2cccc(F)c2F)cc1. The van der Waals surface area contributed by atoms with Crippen molar-refractivity contribution < 1.29 is 8.78 Å². The van der Waals surface area contributed by atoms with Crippen molar-refractivity contribution in [1.29, 1.82) is 0 Å². The van der Waals surface area contributed by atoms with Gasteiger partial charge >= 0.3 is 0 Å². The smallest absolute Gasteiger partial charge is 0.163 e. The summed E-state index contributed by atoms with van der Waals surface area (Å²) in [4.78, 5) is 6.12. The highest BCUT2D eigenvalue weighted by atomic mass is 19.2. The Kier molecular flexibility index (Phi) is 5.51. The van der Waals surface area contributed by atoms with E-state index in [0.717, 1.165) is 17.2 Å². The van der Waals surface area contributed by atoms with Gasteiger partial charge in [0.1, 0.15) is 0 Å². The van der Waals surface area contributed by atoms with Gasteiger partial charge in [-0.25, -0.2) is 8.78 Å². The molecule has 3 rings (SSSR count). The van der Waals surface area contributed by atoms with Crippen LogP contribution in [0.25, 0.3) is 0 Å². The van der Waals surface area contributed by atoms with E-state index >= 15 is 0 Å². The van der Waals surface area contributed by atoms with Crippen LogP contribution in [-0.4, -0.2) is 9.88 Å². The molecule has 0 unspecified atom stereocenters. The average Bonchev–Trinajstić information content (AvgIpc) is 2.62. The van der Waals surface area contributed by atoms with E-state index in [1.165, 1.54) is 5.56 Å². The van der Waals surface area contributed by atoms with E-state index in [9.17, 15) is 8.78 Å². The minimum atomic E-state index is -0.809. The maximum atomic E-state index is 14.1. The van der Waals surface area contributed by atoms with Gasteiger partial charge < -0.3 is 0 Å². The fourth-order valence-electron chi connectivity index (χ4n) is 2.78. The Morgan fingerprint density at radius 2 is 1.44 bits per heavy atom. The van der Waals surface area contributed by atoms with Gasteiger partial charge in [-0.3, -0.25) is 9.88 Å². The van der Waals surface area contributed by atoms with Gasteiger partial charge in [-0.15, -0.1) is 0 Å². The lowest BCUT2D eigenvalue weighted by molar-refractivity contribution is 0.243. The van der Waals surface area contributed by atoms with Crippen LogP contribution < -0.4 is 0 Å². The van der Waals surface area contributed by atoms with Gasteiger partial charge in [0.2, 0.25) is 0 Å². The molecule has 2 aromatic carbocycles. The number of pyridine rings is 1. The van der Waals surface area contributed by atoms with Gasteiger partial charge in [-0.1, -0.05) is 42.0 Å². The van der Waals surface area contributed by atoms with Crippen LogP contribution in [0.3, 0.4) is 0 Å². The molecular weight excluding hydrogens is 318 g/mol. The Bertz CT molecular complexity index is 817. The summed E-state index contributed by atoms with van der Waals surface area (Å²) < 4.78 is 27.6. The Morgan fingerprint density at radius 3 is 2.12 bits per heavy atom. The Balaban J connectivity index is 1.82. The molecule has 0 aliphatic carbocycles. The van der Waals surface area contributed by atoms with Crippen LogP contribution in [0.5, 0.6) is 0 Å². The van der Waals surface area contributed by atoms with Gasteiger partial charge in [-0.2, -0.15) is 0 Å². The summed E-state index contributed by atoms with van der Waals surface area (Å²) in [5, 5.41) is 0. The third kappa shape index (κ3) is 4.70. The molecule has 1 aromatic heterocycles. The molecule has 0 amide bonds. The average molecular weight is 338 g/mol. The Labute approximate surface area is 146 Å². The molecule has 0 bridgehead atoms. The van der Waals surface area contributed by atoms with Crippen molar-refractivity contribution in [3.63, 3.8) is 0 Å². The molecule has 0 radical (unpaired) electrons. The Morgan fingerprint density at radius 1 is 0.800 bits per heavy atom. The number of hydrogen-bond acceptors (Lipinski definition) is 2. The molecule has 2 nitrogen and oxygen atoms in total. The van der Waals surface area contributed by atoms with Crippen molar-refractivity contribution in [1.82, 2.24) is 9.88 Å². The number of nitrogens with zero attached hydrogens (tertiary/aromatic N) is 2. The lowest BCUT2D eigenvalue weighted by Gasteiger charge is -2.23. The zero-order valence-corrected chi connectivity index (χ0v) is 14.1. The van der Waals surface area contributed by atoms with Crippen molar-refractivity contribution in [3.05, 3.63) is 101 Å². The second-order valence-electron chi connectivity index (χ2n) is 6.20. The lowest BCUT2D eigenvalue weighted by atomic mass is 10.1. The number of rotatable bonds is 6. The minimum absolute atomic E-state index is 0.333. The summed E-state index contributed by atoms with van der Waals surface area (Å²) in [6.07, 6.45) is 3.48. The predicted octanol–water partition coefficient (Wildman–Crippen LogP) is 4.87. The van der Waals surface area contributed by atoms with Crippen LogP contribution in [0.4, 0.5) is 8.78 Å². The summed E-state index contributed by atoms with van der Waals surface area (Å²) >= 11 is 0. The van der Waals surface area contributed by atoms with Crippen LogP contribution in [0.2, 0.25) is 0 Å². The largest absolute Gasteiger partial charge is 0.290 e. The van der Waals surface area contributed by atoms with Crippen LogP contribution >= 0.6 is 0 Å². The van der Waals surface area contributed by atoms with Crippen molar-refractivity contribution in [2.24, 2.45) is 0 Å². The standard InChI is InChI=1S/C21H20F2N2/c1-16-5-7-17(8-6-16)13-25(14-18-9-11-24-12-10-18)15-19-3-2-4-20(22)21(19)23/h2-12H,13-15H2,1H3. The number of aryl methyl sites for hydroxylation is 1. The van der Waals surface area contributed by atoms with Crippen LogP contribution in [-0.2, 0) is 19.6 Å². The van der Waals surface area contributed by atoms with E-state index < -0.39 is 11.6 Å². The number of halogens is 2. The summed E-state index contributed by atoms with van der Waals surface area (Å²) in [5.74, 6) is -1.58. The molecule has 0 saturated heterocycles. The third-order valence-corrected chi connectivity index (χ3v) is 4.11. The molecule has 0 aliphatic heterocycles. The van der Waals surface area contributed by atoms with Crippen LogP contribution in [0.15, 0.2) is 67.0 Å². The fourth-order valence-corrected chi connectivity index (χ4v) is 2.78. The van der Waals surface area contributed by atoms with E-state index in [1.807, 2.05) is 19.1 Å². The van der Waals surface area contributed by atoms with Crippen molar-refractivity contribution in [2.75, 3.05) is 0 Å². The first kappa shape index (κ1) is 17.2. The Hall–Kier alpha value is -2.59. The van der Waals surface area contributed by atoms with Gasteiger partial charge in [0.15, 0.2) is 11.6 Å². The lowest BCUT2D eigenvalue weighted by Crippen LogP contribution is -2.23. The molecule has 0 aliphatic rings. The fraction of sp³-hybridized carbons (Fsp3) is 0.190. The van der Waals surface area contributed by atoms with Gasteiger partial charge in [0.05, 0.1) is 0 Å². The zero-order chi connectivity index (χ0) is 17.6. The summed E-state index contributed by atoms with van der Waals surface area (Å²) in [6.45, 7) is 3.66. The van der Waals surface area contributed by atoms with Gasteiger partial charge in [-0.05, 0) is 36.2 Å². The summed E-state index contributed by atoms with van der Waals surface area (Å²) in [6, 6.07) is 16.4. The van der Waals surface area contributed by atoms with E-state index in [-0.39, 0.29) is 0 Å². The second kappa shape index (κ2) is 7.99. The third-order valence-electron chi connectivity index (χ3n) is 4.11. The highest BCUT2D eigenvalue weighted by Gasteiger charge is 2.13. The van der Waals surface area contributed by atoms with Crippen molar-refractivity contribution in [3.8, 4) is 0 Å². The molecule has 3 aromatic rings.